The van der Waals surface area contributed by atoms with Gasteiger partial charge in [-0.05, 0) is 37.1 Å². The molecule has 152 valence electrons. The molecule has 29 heavy (non-hydrogen) atoms. The molecule has 0 saturated carbocycles. The summed E-state index contributed by atoms with van der Waals surface area (Å²) in [6, 6.07) is 16.4. The zero-order valence-electron chi connectivity index (χ0n) is 17.2. The number of oxazole rings is 1. The van der Waals surface area contributed by atoms with Crippen molar-refractivity contribution in [2.75, 3.05) is 13.7 Å². The third-order valence-electron chi connectivity index (χ3n) is 4.39. The largest absolute Gasteiger partial charge is 0.444 e. The van der Waals surface area contributed by atoms with Crippen LogP contribution in [0.1, 0.15) is 29.3 Å². The number of hydrogen-bond acceptors (Lipinski definition) is 4. The van der Waals surface area contributed by atoms with Crippen molar-refractivity contribution in [3.63, 3.8) is 0 Å². The molecule has 2 aromatic carbocycles. The van der Waals surface area contributed by atoms with Crippen LogP contribution in [0.3, 0.4) is 0 Å². The van der Waals surface area contributed by atoms with Crippen molar-refractivity contribution in [1.82, 2.24) is 15.6 Å². The van der Waals surface area contributed by atoms with E-state index in [-0.39, 0.29) is 0 Å². The summed E-state index contributed by atoms with van der Waals surface area (Å²) in [4.78, 5) is 9.22. The summed E-state index contributed by atoms with van der Waals surface area (Å²) in [7, 11) is 1.70. The second-order valence-electron chi connectivity index (χ2n) is 6.81. The maximum atomic E-state index is 5.62. The molecule has 0 spiro atoms. The molecule has 2 N–H and O–H groups in total. The zero-order chi connectivity index (χ0) is 20.5. The SMILES string of the molecule is CCNC(=NCc1ccc(COC)cc1)NCc1coc(-c2ccc(C)cc2)n1. The summed E-state index contributed by atoms with van der Waals surface area (Å²) >= 11 is 0. The molecule has 0 aliphatic rings. The molecule has 6 heteroatoms. The fraction of sp³-hybridized carbons (Fsp3) is 0.304. The van der Waals surface area contributed by atoms with E-state index in [1.54, 1.807) is 13.4 Å². The minimum atomic E-state index is 0.536. The van der Waals surface area contributed by atoms with Crippen LogP contribution in [0.25, 0.3) is 11.5 Å². The Labute approximate surface area is 172 Å². The lowest BCUT2D eigenvalue weighted by molar-refractivity contribution is 0.185. The molecule has 0 aliphatic carbocycles. The Balaban J connectivity index is 1.59. The number of guanidine groups is 1. The molecule has 0 fully saturated rings. The van der Waals surface area contributed by atoms with E-state index < -0.39 is 0 Å². The van der Waals surface area contributed by atoms with Crippen LogP contribution in [0.15, 0.2) is 64.2 Å². The van der Waals surface area contributed by atoms with Crippen molar-refractivity contribution in [2.45, 2.75) is 33.5 Å². The second-order valence-corrected chi connectivity index (χ2v) is 6.81. The second kappa shape index (κ2) is 10.4. The molecular weight excluding hydrogens is 364 g/mol. The molecule has 0 amide bonds. The van der Waals surface area contributed by atoms with Gasteiger partial charge in [0, 0.05) is 19.2 Å². The van der Waals surface area contributed by atoms with Gasteiger partial charge in [-0.15, -0.1) is 0 Å². The molecule has 0 unspecified atom stereocenters. The van der Waals surface area contributed by atoms with E-state index in [1.165, 1.54) is 5.56 Å². The van der Waals surface area contributed by atoms with Gasteiger partial charge in [0.05, 0.1) is 25.4 Å². The Morgan fingerprint density at radius 3 is 2.45 bits per heavy atom. The average molecular weight is 393 g/mol. The maximum Gasteiger partial charge on any atom is 0.226 e. The summed E-state index contributed by atoms with van der Waals surface area (Å²) in [6.07, 6.45) is 1.68. The fourth-order valence-electron chi connectivity index (χ4n) is 2.81. The molecule has 1 heterocycles. The lowest BCUT2D eigenvalue weighted by Crippen LogP contribution is -2.36. The van der Waals surface area contributed by atoms with Crippen molar-refractivity contribution in [3.8, 4) is 11.5 Å². The standard InChI is InChI=1S/C23H28N4O2/c1-4-24-23(25-13-18-7-9-19(10-8-18)15-28-3)26-14-21-16-29-22(27-21)20-11-5-17(2)6-12-20/h5-12,16H,4,13-15H2,1-3H3,(H2,24,25,26). The van der Waals surface area contributed by atoms with Crippen molar-refractivity contribution in [2.24, 2.45) is 4.99 Å². The lowest BCUT2D eigenvalue weighted by atomic mass is 10.1. The Kier molecular flexibility index (Phi) is 7.41. The minimum Gasteiger partial charge on any atom is -0.444 e. The molecule has 1 aromatic heterocycles. The Hall–Kier alpha value is -3.12. The van der Waals surface area contributed by atoms with Gasteiger partial charge in [0.15, 0.2) is 5.96 Å². The van der Waals surface area contributed by atoms with E-state index in [1.807, 2.05) is 19.1 Å². The molecule has 0 saturated heterocycles. The monoisotopic (exact) mass is 392 g/mol. The minimum absolute atomic E-state index is 0.536. The highest BCUT2D eigenvalue weighted by molar-refractivity contribution is 5.79. The number of aliphatic imine (C=N–C) groups is 1. The summed E-state index contributed by atoms with van der Waals surface area (Å²) in [5, 5.41) is 6.57. The normalized spacial score (nSPS) is 11.5. The number of nitrogens with one attached hydrogen (secondary N) is 2. The van der Waals surface area contributed by atoms with Gasteiger partial charge in [-0.3, -0.25) is 0 Å². The van der Waals surface area contributed by atoms with E-state index in [0.29, 0.717) is 25.6 Å². The van der Waals surface area contributed by atoms with Gasteiger partial charge in [-0.1, -0.05) is 42.0 Å². The van der Waals surface area contributed by atoms with Gasteiger partial charge < -0.3 is 19.8 Å². The zero-order valence-corrected chi connectivity index (χ0v) is 17.2. The van der Waals surface area contributed by atoms with E-state index in [9.17, 15) is 0 Å². The van der Waals surface area contributed by atoms with Gasteiger partial charge in [0.1, 0.15) is 6.26 Å². The lowest BCUT2D eigenvalue weighted by Gasteiger charge is -2.10. The predicted molar refractivity (Wildman–Crippen MR) is 115 cm³/mol. The van der Waals surface area contributed by atoms with Gasteiger partial charge in [-0.2, -0.15) is 0 Å². The molecule has 0 bridgehead atoms. The van der Waals surface area contributed by atoms with Crippen molar-refractivity contribution < 1.29 is 9.15 Å². The first-order chi connectivity index (χ1) is 14.2. The molecule has 0 atom stereocenters. The first-order valence-corrected chi connectivity index (χ1v) is 9.78. The quantitative estimate of drug-likeness (QED) is 0.447. The third kappa shape index (κ3) is 6.19. The first-order valence-electron chi connectivity index (χ1n) is 9.78. The highest BCUT2D eigenvalue weighted by Gasteiger charge is 2.07. The number of aryl methyl sites for hydroxylation is 1. The van der Waals surface area contributed by atoms with Crippen LogP contribution >= 0.6 is 0 Å². The van der Waals surface area contributed by atoms with Gasteiger partial charge >= 0.3 is 0 Å². The molecule has 0 radical (unpaired) electrons. The van der Waals surface area contributed by atoms with Crippen LogP contribution in [0.2, 0.25) is 0 Å². The van der Waals surface area contributed by atoms with E-state index in [2.05, 4.69) is 63.9 Å². The van der Waals surface area contributed by atoms with Crippen LogP contribution in [-0.4, -0.2) is 24.6 Å². The van der Waals surface area contributed by atoms with Gasteiger partial charge in [0.2, 0.25) is 5.89 Å². The number of hydrogen-bond donors (Lipinski definition) is 2. The fourth-order valence-corrected chi connectivity index (χ4v) is 2.81. The van der Waals surface area contributed by atoms with Crippen molar-refractivity contribution in [1.29, 1.82) is 0 Å². The summed E-state index contributed by atoms with van der Waals surface area (Å²) in [5.41, 5.74) is 5.31. The molecular formula is C23H28N4O2. The Morgan fingerprint density at radius 2 is 1.76 bits per heavy atom. The maximum absolute atomic E-state index is 5.62. The van der Waals surface area contributed by atoms with Crippen LogP contribution in [-0.2, 0) is 24.4 Å². The summed E-state index contributed by atoms with van der Waals surface area (Å²) < 4.78 is 10.8. The van der Waals surface area contributed by atoms with Crippen molar-refractivity contribution >= 4 is 5.96 Å². The highest BCUT2D eigenvalue weighted by atomic mass is 16.5. The highest BCUT2D eigenvalue weighted by Crippen LogP contribution is 2.19. The predicted octanol–water partition coefficient (Wildman–Crippen LogP) is 4.05. The van der Waals surface area contributed by atoms with E-state index >= 15 is 0 Å². The number of rotatable bonds is 8. The molecule has 6 nitrogen and oxygen atoms in total. The van der Waals surface area contributed by atoms with Gasteiger partial charge in [0.25, 0.3) is 0 Å². The topological polar surface area (TPSA) is 71.7 Å². The van der Waals surface area contributed by atoms with Crippen LogP contribution in [0, 0.1) is 6.92 Å². The van der Waals surface area contributed by atoms with Crippen LogP contribution in [0.4, 0.5) is 0 Å². The third-order valence-corrected chi connectivity index (χ3v) is 4.39. The number of benzene rings is 2. The van der Waals surface area contributed by atoms with Crippen LogP contribution < -0.4 is 10.6 Å². The average Bonchev–Trinajstić information content (AvgIpc) is 3.21. The molecule has 3 aromatic rings. The van der Waals surface area contributed by atoms with Gasteiger partial charge in [-0.25, -0.2) is 9.98 Å². The number of methoxy groups -OCH3 is 1. The number of aromatic nitrogens is 1. The Bertz CT molecular complexity index is 915. The summed E-state index contributed by atoms with van der Waals surface area (Å²) in [5.74, 6) is 1.37. The smallest absolute Gasteiger partial charge is 0.226 e. The Morgan fingerprint density at radius 1 is 1.03 bits per heavy atom. The van der Waals surface area contributed by atoms with E-state index in [4.69, 9.17) is 9.15 Å². The number of ether oxygens (including phenoxy) is 1. The first kappa shape index (κ1) is 20.6. The molecule has 3 rings (SSSR count). The van der Waals surface area contributed by atoms with Crippen LogP contribution in [0.5, 0.6) is 0 Å². The number of nitrogens with zero attached hydrogens (tertiary/aromatic N) is 2. The van der Waals surface area contributed by atoms with E-state index in [0.717, 1.165) is 34.9 Å². The molecule has 0 aliphatic heterocycles. The summed E-state index contributed by atoms with van der Waals surface area (Å²) in [6.45, 7) is 6.64. The van der Waals surface area contributed by atoms with Crippen molar-refractivity contribution in [3.05, 3.63) is 77.2 Å².